The average Bonchev–Trinajstić information content (AvgIpc) is 2.16. The van der Waals surface area contributed by atoms with Crippen LogP contribution in [0.15, 0.2) is 36.4 Å². The first-order valence-corrected chi connectivity index (χ1v) is 5.95. The number of aryl methyl sites for hydroxylation is 2. The molecule has 2 rings (SSSR count). The molecule has 0 amide bonds. The number of pyridine rings is 1. The molecule has 1 nitrogen and oxygen atoms in total. The summed E-state index contributed by atoms with van der Waals surface area (Å²) in [7, 11) is 0. The first kappa shape index (κ1) is 10.6. The fourth-order valence-corrected chi connectivity index (χ4v) is 2.31. The Kier molecular flexibility index (Phi) is 3.05. The van der Waals surface area contributed by atoms with E-state index in [-0.39, 0.29) is 0 Å². The monoisotopic (exact) mass is 309 g/mol. The number of hydrogen-bond donors (Lipinski definition) is 0. The summed E-state index contributed by atoms with van der Waals surface area (Å²) in [6.07, 6.45) is 0. The second kappa shape index (κ2) is 4.31. The lowest BCUT2D eigenvalue weighted by Crippen LogP contribution is -1.90. The summed E-state index contributed by atoms with van der Waals surface area (Å²) in [5.74, 6) is 0. The lowest BCUT2D eigenvalue weighted by Gasteiger charge is -2.06. The number of benzene rings is 1. The van der Waals surface area contributed by atoms with E-state index in [4.69, 9.17) is 0 Å². The Balaban J connectivity index is 2.59. The van der Waals surface area contributed by atoms with Gasteiger partial charge in [0, 0.05) is 14.8 Å². The standard InChI is InChI=1S/C13H12IN/c1-9-7-10(2)15-13(8-9)11-5-3-4-6-12(11)14/h3-8H,1-2H3. The maximum absolute atomic E-state index is 4.56. The Morgan fingerprint density at radius 3 is 2.47 bits per heavy atom. The molecule has 2 aromatic rings. The Bertz CT molecular complexity index is 471. The van der Waals surface area contributed by atoms with E-state index in [2.05, 4.69) is 64.8 Å². The SMILES string of the molecule is Cc1cc(C)nc(-c2ccccc2I)c1. The largest absolute Gasteiger partial charge is 0.253 e. The maximum Gasteiger partial charge on any atom is 0.0718 e. The molecule has 0 bridgehead atoms. The molecule has 0 radical (unpaired) electrons. The normalized spacial score (nSPS) is 10.3. The molecule has 76 valence electrons. The van der Waals surface area contributed by atoms with Gasteiger partial charge >= 0.3 is 0 Å². The number of rotatable bonds is 1. The van der Waals surface area contributed by atoms with E-state index < -0.39 is 0 Å². The van der Waals surface area contributed by atoms with Crippen LogP contribution >= 0.6 is 22.6 Å². The molecule has 1 heterocycles. The molecule has 0 fully saturated rings. The van der Waals surface area contributed by atoms with E-state index in [0.717, 1.165) is 11.4 Å². The van der Waals surface area contributed by atoms with Gasteiger partial charge in [-0.05, 0) is 60.2 Å². The highest BCUT2D eigenvalue weighted by molar-refractivity contribution is 14.1. The van der Waals surface area contributed by atoms with Crippen molar-refractivity contribution >= 4 is 22.6 Å². The van der Waals surface area contributed by atoms with Crippen LogP contribution in [-0.4, -0.2) is 4.98 Å². The first-order chi connectivity index (χ1) is 7.16. The molecule has 1 aromatic carbocycles. The third kappa shape index (κ3) is 2.37. The van der Waals surface area contributed by atoms with Crippen molar-refractivity contribution in [3.8, 4) is 11.3 Å². The van der Waals surface area contributed by atoms with Crippen molar-refractivity contribution in [1.82, 2.24) is 4.98 Å². The lowest BCUT2D eigenvalue weighted by atomic mass is 10.1. The second-order valence-electron chi connectivity index (χ2n) is 3.65. The molecular formula is C13H12IN. The molecule has 15 heavy (non-hydrogen) atoms. The van der Waals surface area contributed by atoms with Crippen molar-refractivity contribution in [2.24, 2.45) is 0 Å². The molecule has 0 unspecified atom stereocenters. The Hall–Kier alpha value is -0.900. The highest BCUT2D eigenvalue weighted by Gasteiger charge is 2.04. The van der Waals surface area contributed by atoms with E-state index in [0.29, 0.717) is 0 Å². The van der Waals surface area contributed by atoms with Gasteiger partial charge in [0.05, 0.1) is 5.69 Å². The van der Waals surface area contributed by atoms with Gasteiger partial charge in [0.15, 0.2) is 0 Å². The minimum absolute atomic E-state index is 1.07. The second-order valence-corrected chi connectivity index (χ2v) is 4.81. The van der Waals surface area contributed by atoms with Crippen molar-refractivity contribution < 1.29 is 0 Å². The number of nitrogens with zero attached hydrogens (tertiary/aromatic N) is 1. The first-order valence-electron chi connectivity index (χ1n) is 4.87. The van der Waals surface area contributed by atoms with Gasteiger partial charge in [-0.2, -0.15) is 0 Å². The van der Waals surface area contributed by atoms with E-state index in [1.54, 1.807) is 0 Å². The van der Waals surface area contributed by atoms with Crippen molar-refractivity contribution in [3.63, 3.8) is 0 Å². The van der Waals surface area contributed by atoms with Crippen LogP contribution in [0, 0.1) is 17.4 Å². The van der Waals surface area contributed by atoms with Crippen LogP contribution in [0.4, 0.5) is 0 Å². The Labute approximate surface area is 104 Å². The lowest BCUT2D eigenvalue weighted by molar-refractivity contribution is 1.18. The fourth-order valence-electron chi connectivity index (χ4n) is 1.65. The van der Waals surface area contributed by atoms with Crippen LogP contribution in [0.1, 0.15) is 11.3 Å². The topological polar surface area (TPSA) is 12.9 Å². The molecule has 0 aliphatic heterocycles. The van der Waals surface area contributed by atoms with Crippen molar-refractivity contribution in [2.45, 2.75) is 13.8 Å². The van der Waals surface area contributed by atoms with Gasteiger partial charge in [-0.25, -0.2) is 0 Å². The van der Waals surface area contributed by atoms with Crippen LogP contribution < -0.4 is 0 Å². The summed E-state index contributed by atoms with van der Waals surface area (Å²) in [4.78, 5) is 4.56. The summed E-state index contributed by atoms with van der Waals surface area (Å²) < 4.78 is 1.24. The fraction of sp³-hybridized carbons (Fsp3) is 0.154. The van der Waals surface area contributed by atoms with Crippen LogP contribution in [0.3, 0.4) is 0 Å². The summed E-state index contributed by atoms with van der Waals surface area (Å²) in [6.45, 7) is 4.14. The minimum Gasteiger partial charge on any atom is -0.253 e. The van der Waals surface area contributed by atoms with Crippen molar-refractivity contribution in [1.29, 1.82) is 0 Å². The zero-order valence-electron chi connectivity index (χ0n) is 8.79. The van der Waals surface area contributed by atoms with Crippen LogP contribution in [0.25, 0.3) is 11.3 Å². The third-order valence-electron chi connectivity index (χ3n) is 2.25. The molecule has 0 aliphatic rings. The van der Waals surface area contributed by atoms with Gasteiger partial charge in [0.25, 0.3) is 0 Å². The summed E-state index contributed by atoms with van der Waals surface area (Å²) in [6, 6.07) is 12.5. The van der Waals surface area contributed by atoms with Crippen molar-refractivity contribution in [2.75, 3.05) is 0 Å². The van der Waals surface area contributed by atoms with E-state index in [9.17, 15) is 0 Å². The van der Waals surface area contributed by atoms with E-state index >= 15 is 0 Å². The molecule has 0 N–H and O–H groups in total. The molecule has 1 aromatic heterocycles. The summed E-state index contributed by atoms with van der Waals surface area (Å²) in [5.41, 5.74) is 4.62. The average molecular weight is 309 g/mol. The molecule has 0 saturated heterocycles. The van der Waals surface area contributed by atoms with Crippen LogP contribution in [-0.2, 0) is 0 Å². The molecule has 0 aliphatic carbocycles. The van der Waals surface area contributed by atoms with Gasteiger partial charge in [-0.1, -0.05) is 18.2 Å². The molecule has 2 heteroatoms. The predicted molar refractivity (Wildman–Crippen MR) is 71.9 cm³/mol. The molecular weight excluding hydrogens is 297 g/mol. The predicted octanol–water partition coefficient (Wildman–Crippen LogP) is 3.97. The quantitative estimate of drug-likeness (QED) is 0.726. The summed E-state index contributed by atoms with van der Waals surface area (Å²) in [5, 5.41) is 0. The van der Waals surface area contributed by atoms with Gasteiger partial charge in [0.2, 0.25) is 0 Å². The number of aromatic nitrogens is 1. The maximum atomic E-state index is 4.56. The smallest absolute Gasteiger partial charge is 0.0718 e. The third-order valence-corrected chi connectivity index (χ3v) is 3.19. The molecule has 0 atom stereocenters. The van der Waals surface area contributed by atoms with Gasteiger partial charge in [-0.3, -0.25) is 4.98 Å². The van der Waals surface area contributed by atoms with E-state index in [1.807, 2.05) is 13.0 Å². The van der Waals surface area contributed by atoms with Crippen LogP contribution in [0.5, 0.6) is 0 Å². The van der Waals surface area contributed by atoms with Crippen molar-refractivity contribution in [3.05, 3.63) is 51.2 Å². The van der Waals surface area contributed by atoms with Gasteiger partial charge < -0.3 is 0 Å². The van der Waals surface area contributed by atoms with Gasteiger partial charge in [0.1, 0.15) is 0 Å². The highest BCUT2D eigenvalue weighted by atomic mass is 127. The van der Waals surface area contributed by atoms with E-state index in [1.165, 1.54) is 14.7 Å². The minimum atomic E-state index is 1.07. The molecule has 0 saturated carbocycles. The van der Waals surface area contributed by atoms with Crippen LogP contribution in [0.2, 0.25) is 0 Å². The van der Waals surface area contributed by atoms with Gasteiger partial charge in [-0.15, -0.1) is 0 Å². The Morgan fingerprint density at radius 1 is 1.07 bits per heavy atom. The highest BCUT2D eigenvalue weighted by Crippen LogP contribution is 2.24. The number of hydrogen-bond acceptors (Lipinski definition) is 1. The summed E-state index contributed by atoms with van der Waals surface area (Å²) >= 11 is 2.35. The molecule has 0 spiro atoms. The zero-order chi connectivity index (χ0) is 10.8. The Morgan fingerprint density at radius 2 is 1.80 bits per heavy atom. The zero-order valence-corrected chi connectivity index (χ0v) is 10.9. The number of halogens is 1.